The molecule has 0 radical (unpaired) electrons. The third-order valence-corrected chi connectivity index (χ3v) is 2.70. The second-order valence-electron chi connectivity index (χ2n) is 3.89. The lowest BCUT2D eigenvalue weighted by Crippen LogP contribution is -2.40. The molecule has 5 heteroatoms. The fourth-order valence-corrected chi connectivity index (χ4v) is 1.67. The van der Waals surface area contributed by atoms with Gasteiger partial charge in [0.15, 0.2) is 0 Å². The van der Waals surface area contributed by atoms with Crippen molar-refractivity contribution in [2.24, 2.45) is 0 Å². The lowest BCUT2D eigenvalue weighted by molar-refractivity contribution is -0.145. The summed E-state index contributed by atoms with van der Waals surface area (Å²) in [5.74, 6) is -0.299. The number of carbonyl (C=O) groups is 1. The Bertz CT molecular complexity index is 204. The van der Waals surface area contributed by atoms with Gasteiger partial charge in [-0.2, -0.15) is 0 Å². The lowest BCUT2D eigenvalue weighted by atomic mass is 10.1. The Morgan fingerprint density at radius 2 is 2.38 bits per heavy atom. The molecule has 0 aromatic carbocycles. The number of methoxy groups -OCH3 is 1. The van der Waals surface area contributed by atoms with Gasteiger partial charge in [-0.25, -0.2) is 0 Å². The number of hydrogen-bond acceptors (Lipinski definition) is 5. The maximum atomic E-state index is 11.2. The third-order valence-electron chi connectivity index (χ3n) is 2.70. The minimum atomic E-state index is -0.395. The van der Waals surface area contributed by atoms with E-state index in [1.807, 2.05) is 0 Å². The highest BCUT2D eigenvalue weighted by molar-refractivity contribution is 5.75. The number of carbonyl (C=O) groups excluding carboxylic acids is 1. The Hall–Kier alpha value is -0.650. The van der Waals surface area contributed by atoms with Crippen molar-refractivity contribution in [3.05, 3.63) is 0 Å². The largest absolute Gasteiger partial charge is 0.468 e. The molecule has 1 N–H and O–H groups in total. The first-order chi connectivity index (χ1) is 7.77. The zero-order valence-corrected chi connectivity index (χ0v) is 10.0. The molecule has 1 rings (SSSR count). The van der Waals surface area contributed by atoms with Crippen LogP contribution in [0.25, 0.3) is 0 Å². The van der Waals surface area contributed by atoms with Crippen molar-refractivity contribution < 1.29 is 19.0 Å². The highest BCUT2D eigenvalue weighted by Crippen LogP contribution is 2.12. The van der Waals surface area contributed by atoms with Crippen molar-refractivity contribution in [2.75, 3.05) is 34.0 Å². The summed E-state index contributed by atoms with van der Waals surface area (Å²) in [5.41, 5.74) is 0. The SMILES string of the molecule is CNC(COCC1CCCCO1)C(=O)OC. The molecule has 0 spiro atoms. The van der Waals surface area contributed by atoms with Crippen LogP contribution in [0.5, 0.6) is 0 Å². The second-order valence-corrected chi connectivity index (χ2v) is 3.89. The van der Waals surface area contributed by atoms with Gasteiger partial charge in [0.1, 0.15) is 6.04 Å². The predicted octanol–water partition coefficient (Wildman–Crippen LogP) is 0.333. The van der Waals surface area contributed by atoms with Gasteiger partial charge in [-0.1, -0.05) is 0 Å². The van der Waals surface area contributed by atoms with Crippen LogP contribution in [-0.2, 0) is 19.0 Å². The maximum absolute atomic E-state index is 11.2. The number of esters is 1. The van der Waals surface area contributed by atoms with Crippen molar-refractivity contribution in [3.8, 4) is 0 Å². The molecule has 1 heterocycles. The van der Waals surface area contributed by atoms with Gasteiger partial charge in [0.2, 0.25) is 0 Å². The van der Waals surface area contributed by atoms with Gasteiger partial charge in [0.05, 0.1) is 26.4 Å². The molecule has 2 atom stereocenters. The standard InChI is InChI=1S/C11H21NO4/c1-12-10(11(13)14-2)8-15-7-9-5-3-4-6-16-9/h9-10,12H,3-8H2,1-2H3. The summed E-state index contributed by atoms with van der Waals surface area (Å²) in [4.78, 5) is 11.2. The third kappa shape index (κ3) is 4.47. The van der Waals surface area contributed by atoms with Gasteiger partial charge in [-0.15, -0.1) is 0 Å². The van der Waals surface area contributed by atoms with Crippen molar-refractivity contribution in [3.63, 3.8) is 0 Å². The highest BCUT2D eigenvalue weighted by atomic mass is 16.5. The van der Waals surface area contributed by atoms with Gasteiger partial charge in [-0.05, 0) is 26.3 Å². The zero-order valence-electron chi connectivity index (χ0n) is 10.0. The van der Waals surface area contributed by atoms with Crippen LogP contribution >= 0.6 is 0 Å². The van der Waals surface area contributed by atoms with E-state index in [1.165, 1.54) is 13.5 Å². The Morgan fingerprint density at radius 1 is 1.56 bits per heavy atom. The van der Waals surface area contributed by atoms with Crippen LogP contribution in [0.15, 0.2) is 0 Å². The Kier molecular flexibility index (Phi) is 6.37. The van der Waals surface area contributed by atoms with Crippen LogP contribution in [0, 0.1) is 0 Å². The number of nitrogens with one attached hydrogen (secondary N) is 1. The first kappa shape index (κ1) is 13.4. The van der Waals surface area contributed by atoms with Gasteiger partial charge in [-0.3, -0.25) is 4.79 Å². The molecule has 94 valence electrons. The van der Waals surface area contributed by atoms with E-state index in [2.05, 4.69) is 10.1 Å². The first-order valence-corrected chi connectivity index (χ1v) is 5.72. The molecule has 1 fully saturated rings. The summed E-state index contributed by atoms with van der Waals surface area (Å²) in [6.07, 6.45) is 3.56. The number of rotatable bonds is 6. The number of ether oxygens (including phenoxy) is 3. The molecule has 1 aliphatic rings. The molecule has 0 bridgehead atoms. The predicted molar refractivity (Wildman–Crippen MR) is 59.3 cm³/mol. The minimum Gasteiger partial charge on any atom is -0.468 e. The monoisotopic (exact) mass is 231 g/mol. The normalized spacial score (nSPS) is 22.8. The molecule has 0 amide bonds. The molecule has 5 nitrogen and oxygen atoms in total. The van der Waals surface area contributed by atoms with E-state index in [9.17, 15) is 4.79 Å². The number of likely N-dealkylation sites (N-methyl/N-ethyl adjacent to an activating group) is 1. The average molecular weight is 231 g/mol. The molecule has 16 heavy (non-hydrogen) atoms. The Balaban J connectivity index is 2.14. The molecule has 0 aliphatic carbocycles. The lowest BCUT2D eigenvalue weighted by Gasteiger charge is -2.23. The Morgan fingerprint density at radius 3 is 2.94 bits per heavy atom. The smallest absolute Gasteiger partial charge is 0.325 e. The van der Waals surface area contributed by atoms with Gasteiger partial charge in [0, 0.05) is 6.61 Å². The summed E-state index contributed by atoms with van der Waals surface area (Å²) in [6, 6.07) is -0.395. The van der Waals surface area contributed by atoms with Crippen molar-refractivity contribution in [2.45, 2.75) is 31.4 Å². The fourth-order valence-electron chi connectivity index (χ4n) is 1.67. The second kappa shape index (κ2) is 7.60. The quantitative estimate of drug-likeness (QED) is 0.668. The van der Waals surface area contributed by atoms with Crippen LogP contribution in [0.3, 0.4) is 0 Å². The van der Waals surface area contributed by atoms with Crippen molar-refractivity contribution in [1.82, 2.24) is 5.32 Å². The van der Waals surface area contributed by atoms with Crippen LogP contribution in [-0.4, -0.2) is 52.1 Å². The first-order valence-electron chi connectivity index (χ1n) is 5.72. The fraction of sp³-hybridized carbons (Fsp3) is 0.909. The molecular weight excluding hydrogens is 210 g/mol. The van der Waals surface area contributed by atoms with E-state index in [0.29, 0.717) is 13.2 Å². The molecule has 1 saturated heterocycles. The van der Waals surface area contributed by atoms with Crippen LogP contribution in [0.1, 0.15) is 19.3 Å². The summed E-state index contributed by atoms with van der Waals surface area (Å²) in [5, 5.41) is 2.85. The molecule has 0 aromatic heterocycles. The topological polar surface area (TPSA) is 56.8 Å². The highest BCUT2D eigenvalue weighted by Gasteiger charge is 2.19. The van der Waals surface area contributed by atoms with Crippen molar-refractivity contribution in [1.29, 1.82) is 0 Å². The Labute approximate surface area is 96.4 Å². The molecular formula is C11H21NO4. The van der Waals surface area contributed by atoms with E-state index >= 15 is 0 Å². The minimum absolute atomic E-state index is 0.184. The summed E-state index contributed by atoms with van der Waals surface area (Å²) < 4.78 is 15.6. The van der Waals surface area contributed by atoms with Crippen LogP contribution in [0.2, 0.25) is 0 Å². The molecule has 0 saturated carbocycles. The van der Waals surface area contributed by atoms with Gasteiger partial charge >= 0.3 is 5.97 Å². The van der Waals surface area contributed by atoms with Crippen molar-refractivity contribution >= 4 is 5.97 Å². The van der Waals surface area contributed by atoms with E-state index in [1.54, 1.807) is 7.05 Å². The molecule has 1 aliphatic heterocycles. The summed E-state index contributed by atoms with van der Waals surface area (Å²) >= 11 is 0. The van der Waals surface area contributed by atoms with E-state index < -0.39 is 6.04 Å². The average Bonchev–Trinajstić information content (AvgIpc) is 2.35. The van der Waals surface area contributed by atoms with E-state index in [4.69, 9.17) is 9.47 Å². The van der Waals surface area contributed by atoms with E-state index in [-0.39, 0.29) is 12.1 Å². The summed E-state index contributed by atoms with van der Waals surface area (Å²) in [7, 11) is 3.08. The number of hydrogen-bond donors (Lipinski definition) is 1. The van der Waals surface area contributed by atoms with E-state index in [0.717, 1.165) is 19.4 Å². The van der Waals surface area contributed by atoms with Gasteiger partial charge in [0.25, 0.3) is 0 Å². The van der Waals surface area contributed by atoms with Crippen LogP contribution in [0.4, 0.5) is 0 Å². The summed E-state index contributed by atoms with van der Waals surface area (Å²) in [6.45, 7) is 1.69. The maximum Gasteiger partial charge on any atom is 0.325 e. The molecule has 2 unspecified atom stereocenters. The zero-order chi connectivity index (χ0) is 11.8. The molecule has 0 aromatic rings. The van der Waals surface area contributed by atoms with Crippen LogP contribution < -0.4 is 5.32 Å². The van der Waals surface area contributed by atoms with Gasteiger partial charge < -0.3 is 19.5 Å².